The van der Waals surface area contributed by atoms with Gasteiger partial charge in [-0.05, 0) is 30.4 Å². The zero-order chi connectivity index (χ0) is 10.8. The molecular weight excluding hydrogens is 218 g/mol. The molecule has 3 rings (SSSR count). The van der Waals surface area contributed by atoms with Crippen LogP contribution >= 0.6 is 11.3 Å². The van der Waals surface area contributed by atoms with Gasteiger partial charge < -0.3 is 4.90 Å². The van der Waals surface area contributed by atoms with Crippen LogP contribution in [0.15, 0.2) is 29.8 Å². The summed E-state index contributed by atoms with van der Waals surface area (Å²) in [6.45, 7) is 2.18. The summed E-state index contributed by atoms with van der Waals surface area (Å²) in [5, 5.41) is 2.08. The Morgan fingerprint density at radius 2 is 2.06 bits per heavy atom. The average molecular weight is 231 g/mol. The number of rotatable bonds is 2. The first-order valence-electron chi connectivity index (χ1n) is 5.55. The number of thiophene rings is 1. The maximum Gasteiger partial charge on any atom is 0.225 e. The van der Waals surface area contributed by atoms with Gasteiger partial charge >= 0.3 is 0 Å². The Morgan fingerprint density at radius 1 is 1.19 bits per heavy atom. The largest absolute Gasteiger partial charge is 0.341 e. The lowest BCUT2D eigenvalue weighted by Crippen LogP contribution is -2.20. The van der Waals surface area contributed by atoms with E-state index < -0.39 is 0 Å². The summed E-state index contributed by atoms with van der Waals surface area (Å²) in [6, 6.07) is 6.13. The van der Waals surface area contributed by atoms with Crippen molar-refractivity contribution < 1.29 is 0 Å². The lowest BCUT2D eigenvalue weighted by Gasteiger charge is -2.14. The highest BCUT2D eigenvalue weighted by atomic mass is 32.1. The van der Waals surface area contributed by atoms with Crippen molar-refractivity contribution in [3.8, 4) is 10.6 Å². The van der Waals surface area contributed by atoms with E-state index in [1.54, 1.807) is 11.3 Å². The van der Waals surface area contributed by atoms with Gasteiger partial charge in [0.05, 0.1) is 10.6 Å². The van der Waals surface area contributed by atoms with E-state index in [2.05, 4.69) is 32.4 Å². The van der Waals surface area contributed by atoms with E-state index >= 15 is 0 Å². The molecule has 0 radical (unpaired) electrons. The van der Waals surface area contributed by atoms with E-state index in [1.807, 2.05) is 12.3 Å². The summed E-state index contributed by atoms with van der Waals surface area (Å²) in [6.07, 6.45) is 4.37. The Bertz CT molecular complexity index is 461. The minimum absolute atomic E-state index is 0.878. The lowest BCUT2D eigenvalue weighted by atomic mass is 10.3. The molecule has 0 amide bonds. The fraction of sp³-hybridized carbons (Fsp3) is 0.333. The molecule has 82 valence electrons. The molecule has 16 heavy (non-hydrogen) atoms. The fourth-order valence-electron chi connectivity index (χ4n) is 1.98. The number of hydrogen-bond donors (Lipinski definition) is 0. The van der Waals surface area contributed by atoms with Gasteiger partial charge in [-0.15, -0.1) is 11.3 Å². The summed E-state index contributed by atoms with van der Waals surface area (Å²) in [4.78, 5) is 12.4. The van der Waals surface area contributed by atoms with Gasteiger partial charge in [0.25, 0.3) is 0 Å². The SMILES string of the molecule is c1csc(-c2ccnc(N3CCCC3)n2)c1. The van der Waals surface area contributed by atoms with Crippen LogP contribution in [0.2, 0.25) is 0 Å². The van der Waals surface area contributed by atoms with Crippen molar-refractivity contribution in [1.82, 2.24) is 9.97 Å². The second kappa shape index (κ2) is 4.22. The third kappa shape index (κ3) is 1.80. The maximum absolute atomic E-state index is 4.62. The molecule has 4 heteroatoms. The second-order valence-electron chi connectivity index (χ2n) is 3.91. The molecule has 0 bridgehead atoms. The summed E-state index contributed by atoms with van der Waals surface area (Å²) < 4.78 is 0. The molecule has 3 heterocycles. The van der Waals surface area contributed by atoms with Gasteiger partial charge in [0, 0.05) is 19.3 Å². The van der Waals surface area contributed by atoms with Gasteiger partial charge in [-0.25, -0.2) is 9.97 Å². The first kappa shape index (κ1) is 9.78. The number of nitrogens with zero attached hydrogens (tertiary/aromatic N) is 3. The van der Waals surface area contributed by atoms with E-state index in [1.165, 1.54) is 17.7 Å². The molecule has 3 nitrogen and oxygen atoms in total. The van der Waals surface area contributed by atoms with Crippen LogP contribution < -0.4 is 4.90 Å². The van der Waals surface area contributed by atoms with Crippen molar-refractivity contribution in [2.45, 2.75) is 12.8 Å². The average Bonchev–Trinajstić information content (AvgIpc) is 3.03. The number of anilines is 1. The Balaban J connectivity index is 1.93. The molecule has 1 fully saturated rings. The summed E-state index contributed by atoms with van der Waals surface area (Å²) in [5.74, 6) is 0.878. The molecule has 2 aromatic heterocycles. The van der Waals surface area contributed by atoms with Gasteiger partial charge in [0.15, 0.2) is 0 Å². The normalized spacial score (nSPS) is 15.6. The van der Waals surface area contributed by atoms with Crippen LogP contribution in [0.25, 0.3) is 10.6 Å². The van der Waals surface area contributed by atoms with Gasteiger partial charge in [-0.2, -0.15) is 0 Å². The fourth-order valence-corrected chi connectivity index (χ4v) is 2.67. The summed E-state index contributed by atoms with van der Waals surface area (Å²) >= 11 is 1.72. The Hall–Kier alpha value is -1.42. The Morgan fingerprint density at radius 3 is 2.81 bits per heavy atom. The molecule has 0 unspecified atom stereocenters. The number of hydrogen-bond acceptors (Lipinski definition) is 4. The van der Waals surface area contributed by atoms with Crippen LogP contribution in [0, 0.1) is 0 Å². The van der Waals surface area contributed by atoms with Gasteiger partial charge in [0.1, 0.15) is 0 Å². The molecule has 0 saturated carbocycles. The zero-order valence-electron chi connectivity index (χ0n) is 8.97. The molecule has 0 spiro atoms. The van der Waals surface area contributed by atoms with Crippen molar-refractivity contribution in [2.24, 2.45) is 0 Å². The highest BCUT2D eigenvalue weighted by Crippen LogP contribution is 2.24. The number of aromatic nitrogens is 2. The molecule has 1 aliphatic heterocycles. The van der Waals surface area contributed by atoms with E-state index in [4.69, 9.17) is 0 Å². The van der Waals surface area contributed by atoms with Crippen LogP contribution in [-0.2, 0) is 0 Å². The highest BCUT2D eigenvalue weighted by Gasteiger charge is 2.15. The Labute approximate surface area is 98.8 Å². The molecule has 0 N–H and O–H groups in total. The Kier molecular flexibility index (Phi) is 2.58. The van der Waals surface area contributed by atoms with E-state index in [0.29, 0.717) is 0 Å². The van der Waals surface area contributed by atoms with Crippen molar-refractivity contribution in [2.75, 3.05) is 18.0 Å². The van der Waals surface area contributed by atoms with Gasteiger partial charge in [0.2, 0.25) is 5.95 Å². The highest BCUT2D eigenvalue weighted by molar-refractivity contribution is 7.13. The van der Waals surface area contributed by atoms with Crippen LogP contribution in [-0.4, -0.2) is 23.1 Å². The first-order valence-corrected chi connectivity index (χ1v) is 6.43. The quantitative estimate of drug-likeness (QED) is 0.796. The third-order valence-corrected chi connectivity index (χ3v) is 3.70. The predicted octanol–water partition coefficient (Wildman–Crippen LogP) is 2.81. The van der Waals surface area contributed by atoms with Gasteiger partial charge in [-0.3, -0.25) is 0 Å². The minimum Gasteiger partial charge on any atom is -0.341 e. The summed E-state index contributed by atoms with van der Waals surface area (Å²) in [5.41, 5.74) is 1.03. The molecular formula is C12H13N3S. The molecule has 0 aromatic carbocycles. The van der Waals surface area contributed by atoms with Crippen LogP contribution in [0.3, 0.4) is 0 Å². The van der Waals surface area contributed by atoms with E-state index in [0.717, 1.165) is 24.7 Å². The first-order chi connectivity index (χ1) is 7.93. The van der Waals surface area contributed by atoms with E-state index in [-0.39, 0.29) is 0 Å². The van der Waals surface area contributed by atoms with E-state index in [9.17, 15) is 0 Å². The molecule has 1 aliphatic rings. The zero-order valence-corrected chi connectivity index (χ0v) is 9.78. The standard InChI is InChI=1S/C12H13N3S/c1-2-8-15(7-1)12-13-6-5-10(14-12)11-4-3-9-16-11/h3-6,9H,1-2,7-8H2. The van der Waals surface area contributed by atoms with Crippen molar-refractivity contribution >= 4 is 17.3 Å². The van der Waals surface area contributed by atoms with Crippen molar-refractivity contribution in [1.29, 1.82) is 0 Å². The predicted molar refractivity (Wildman–Crippen MR) is 66.8 cm³/mol. The third-order valence-electron chi connectivity index (χ3n) is 2.81. The summed E-state index contributed by atoms with van der Waals surface area (Å²) in [7, 11) is 0. The smallest absolute Gasteiger partial charge is 0.225 e. The van der Waals surface area contributed by atoms with Gasteiger partial charge in [-0.1, -0.05) is 6.07 Å². The molecule has 1 saturated heterocycles. The molecule has 2 aromatic rings. The van der Waals surface area contributed by atoms with Crippen LogP contribution in [0.4, 0.5) is 5.95 Å². The monoisotopic (exact) mass is 231 g/mol. The maximum atomic E-state index is 4.62. The molecule has 0 atom stereocenters. The second-order valence-corrected chi connectivity index (χ2v) is 4.86. The minimum atomic E-state index is 0.878. The van der Waals surface area contributed by atoms with Crippen molar-refractivity contribution in [3.05, 3.63) is 29.8 Å². The van der Waals surface area contributed by atoms with Crippen LogP contribution in [0.1, 0.15) is 12.8 Å². The van der Waals surface area contributed by atoms with Crippen molar-refractivity contribution in [3.63, 3.8) is 0 Å². The lowest BCUT2D eigenvalue weighted by molar-refractivity contribution is 0.900. The van der Waals surface area contributed by atoms with Crippen LogP contribution in [0.5, 0.6) is 0 Å². The topological polar surface area (TPSA) is 29.0 Å². The molecule has 0 aliphatic carbocycles.